The summed E-state index contributed by atoms with van der Waals surface area (Å²) in [5, 5.41) is 3.55. The van der Waals surface area contributed by atoms with Crippen LogP contribution in [0.2, 0.25) is 0 Å². The van der Waals surface area contributed by atoms with Crippen molar-refractivity contribution in [2.45, 2.75) is 57.7 Å². The fourth-order valence-corrected chi connectivity index (χ4v) is 3.14. The number of hydrogen-bond donors (Lipinski definition) is 1. The molecule has 110 valence electrons. The summed E-state index contributed by atoms with van der Waals surface area (Å²) in [6.07, 6.45) is 6.57. The van der Waals surface area contributed by atoms with Gasteiger partial charge in [-0.2, -0.15) is 0 Å². The summed E-state index contributed by atoms with van der Waals surface area (Å²) in [5.41, 5.74) is 0.878. The lowest BCUT2D eigenvalue weighted by atomic mass is 10.0. The Bertz CT molecular complexity index is 478. The SMILES string of the molecule is CCC1CN(C(=O)c2cccn2C2CC2)C(CC)CN1. The van der Waals surface area contributed by atoms with Crippen LogP contribution in [0.5, 0.6) is 0 Å². The molecular formula is C16H25N3O. The second-order valence-corrected chi connectivity index (χ2v) is 6.06. The predicted molar refractivity (Wildman–Crippen MR) is 79.9 cm³/mol. The molecule has 20 heavy (non-hydrogen) atoms. The summed E-state index contributed by atoms with van der Waals surface area (Å²) >= 11 is 0. The largest absolute Gasteiger partial charge is 0.340 e. The van der Waals surface area contributed by atoms with Crippen LogP contribution in [-0.4, -0.2) is 40.5 Å². The monoisotopic (exact) mass is 275 g/mol. The number of aromatic nitrogens is 1. The number of piperazine rings is 1. The molecular weight excluding hydrogens is 250 g/mol. The minimum absolute atomic E-state index is 0.216. The summed E-state index contributed by atoms with van der Waals surface area (Å²) in [5.74, 6) is 0.216. The van der Waals surface area contributed by atoms with E-state index in [0.29, 0.717) is 18.1 Å². The molecule has 3 rings (SSSR count). The van der Waals surface area contributed by atoms with Crippen molar-refractivity contribution in [2.24, 2.45) is 0 Å². The predicted octanol–water partition coefficient (Wildman–Crippen LogP) is 2.43. The summed E-state index contributed by atoms with van der Waals surface area (Å²) in [7, 11) is 0. The molecule has 4 nitrogen and oxygen atoms in total. The Balaban J connectivity index is 1.81. The highest BCUT2D eigenvalue weighted by atomic mass is 16.2. The van der Waals surface area contributed by atoms with Gasteiger partial charge in [0.05, 0.1) is 0 Å². The van der Waals surface area contributed by atoms with Crippen molar-refractivity contribution in [2.75, 3.05) is 13.1 Å². The Kier molecular flexibility index (Phi) is 3.83. The minimum Gasteiger partial charge on any atom is -0.340 e. The van der Waals surface area contributed by atoms with Crippen LogP contribution in [0, 0.1) is 0 Å². The molecule has 1 amide bonds. The summed E-state index contributed by atoms with van der Waals surface area (Å²) in [6, 6.07) is 5.32. The van der Waals surface area contributed by atoms with E-state index < -0.39 is 0 Å². The molecule has 0 spiro atoms. The number of nitrogens with zero attached hydrogens (tertiary/aromatic N) is 2. The quantitative estimate of drug-likeness (QED) is 0.916. The minimum atomic E-state index is 0.216. The van der Waals surface area contributed by atoms with E-state index in [1.54, 1.807) is 0 Å². The van der Waals surface area contributed by atoms with E-state index in [1.807, 2.05) is 12.1 Å². The lowest BCUT2D eigenvalue weighted by Gasteiger charge is -2.40. The van der Waals surface area contributed by atoms with Crippen molar-refractivity contribution in [3.05, 3.63) is 24.0 Å². The van der Waals surface area contributed by atoms with Gasteiger partial charge in [0, 0.05) is 37.4 Å². The van der Waals surface area contributed by atoms with Crippen LogP contribution in [0.4, 0.5) is 0 Å². The lowest BCUT2D eigenvalue weighted by Crippen LogP contribution is -2.58. The maximum absolute atomic E-state index is 12.9. The van der Waals surface area contributed by atoms with Crippen LogP contribution < -0.4 is 5.32 Å². The maximum Gasteiger partial charge on any atom is 0.270 e. The molecule has 2 aliphatic rings. The second kappa shape index (κ2) is 5.60. The van der Waals surface area contributed by atoms with Gasteiger partial charge in [0.25, 0.3) is 5.91 Å². The van der Waals surface area contributed by atoms with E-state index in [1.165, 1.54) is 12.8 Å². The highest BCUT2D eigenvalue weighted by molar-refractivity contribution is 5.93. The van der Waals surface area contributed by atoms with E-state index in [2.05, 4.69) is 34.8 Å². The zero-order valence-electron chi connectivity index (χ0n) is 12.5. The molecule has 1 aromatic rings. The fourth-order valence-electron chi connectivity index (χ4n) is 3.14. The van der Waals surface area contributed by atoms with E-state index in [0.717, 1.165) is 31.6 Å². The third kappa shape index (κ3) is 2.49. The van der Waals surface area contributed by atoms with Gasteiger partial charge in [-0.1, -0.05) is 13.8 Å². The molecule has 4 heteroatoms. The normalized spacial score (nSPS) is 26.8. The van der Waals surface area contributed by atoms with Crippen LogP contribution in [0.1, 0.15) is 56.1 Å². The Labute approximate surface area is 121 Å². The Morgan fingerprint density at radius 1 is 1.35 bits per heavy atom. The maximum atomic E-state index is 12.9. The zero-order chi connectivity index (χ0) is 14.1. The average molecular weight is 275 g/mol. The molecule has 1 aromatic heterocycles. The smallest absolute Gasteiger partial charge is 0.270 e. The highest BCUT2D eigenvalue weighted by Gasteiger charge is 2.33. The van der Waals surface area contributed by atoms with Crippen molar-refractivity contribution in [3.63, 3.8) is 0 Å². The van der Waals surface area contributed by atoms with Gasteiger partial charge in [-0.3, -0.25) is 4.79 Å². The van der Waals surface area contributed by atoms with Crippen LogP contribution in [-0.2, 0) is 0 Å². The Hall–Kier alpha value is -1.29. The van der Waals surface area contributed by atoms with E-state index in [-0.39, 0.29) is 5.91 Å². The molecule has 2 atom stereocenters. The van der Waals surface area contributed by atoms with Crippen LogP contribution in [0.15, 0.2) is 18.3 Å². The van der Waals surface area contributed by atoms with Gasteiger partial charge in [0.2, 0.25) is 0 Å². The van der Waals surface area contributed by atoms with Crippen molar-refractivity contribution in [1.29, 1.82) is 0 Å². The topological polar surface area (TPSA) is 37.3 Å². The summed E-state index contributed by atoms with van der Waals surface area (Å²) in [4.78, 5) is 15.0. The van der Waals surface area contributed by atoms with E-state index >= 15 is 0 Å². The number of carbonyl (C=O) groups excluding carboxylic acids is 1. The van der Waals surface area contributed by atoms with Crippen LogP contribution in [0.3, 0.4) is 0 Å². The highest BCUT2D eigenvalue weighted by Crippen LogP contribution is 2.36. The first-order valence-electron chi connectivity index (χ1n) is 7.95. The van der Waals surface area contributed by atoms with E-state index in [4.69, 9.17) is 0 Å². The first-order valence-corrected chi connectivity index (χ1v) is 7.95. The van der Waals surface area contributed by atoms with Gasteiger partial charge < -0.3 is 14.8 Å². The van der Waals surface area contributed by atoms with Gasteiger partial charge in [-0.05, 0) is 37.8 Å². The van der Waals surface area contributed by atoms with Crippen molar-refractivity contribution in [3.8, 4) is 0 Å². The zero-order valence-corrected chi connectivity index (χ0v) is 12.5. The van der Waals surface area contributed by atoms with Crippen LogP contribution >= 0.6 is 0 Å². The van der Waals surface area contributed by atoms with Crippen molar-refractivity contribution in [1.82, 2.24) is 14.8 Å². The van der Waals surface area contributed by atoms with Gasteiger partial charge in [-0.15, -0.1) is 0 Å². The van der Waals surface area contributed by atoms with Crippen molar-refractivity contribution >= 4 is 5.91 Å². The average Bonchev–Trinajstić information content (AvgIpc) is 3.23. The lowest BCUT2D eigenvalue weighted by molar-refractivity contribution is 0.0564. The fraction of sp³-hybridized carbons (Fsp3) is 0.688. The molecule has 1 saturated heterocycles. The van der Waals surface area contributed by atoms with E-state index in [9.17, 15) is 4.79 Å². The number of carbonyl (C=O) groups is 1. The molecule has 2 unspecified atom stereocenters. The summed E-state index contributed by atoms with van der Waals surface area (Å²) in [6.45, 7) is 6.10. The van der Waals surface area contributed by atoms with Gasteiger partial charge in [0.15, 0.2) is 0 Å². The first-order chi connectivity index (χ1) is 9.74. The van der Waals surface area contributed by atoms with Gasteiger partial charge in [-0.25, -0.2) is 0 Å². The van der Waals surface area contributed by atoms with Crippen LogP contribution in [0.25, 0.3) is 0 Å². The molecule has 1 saturated carbocycles. The van der Waals surface area contributed by atoms with Crippen molar-refractivity contribution < 1.29 is 4.79 Å². The summed E-state index contributed by atoms with van der Waals surface area (Å²) < 4.78 is 2.18. The number of hydrogen-bond acceptors (Lipinski definition) is 2. The molecule has 2 heterocycles. The Morgan fingerprint density at radius 3 is 2.80 bits per heavy atom. The number of amides is 1. The molecule has 0 bridgehead atoms. The standard InChI is InChI=1S/C16H25N3O/c1-3-12-11-19(13(4-2)10-17-12)16(20)15-6-5-9-18(15)14-7-8-14/h5-6,9,12-14,17H,3-4,7-8,10-11H2,1-2H3. The number of nitrogens with one attached hydrogen (secondary N) is 1. The second-order valence-electron chi connectivity index (χ2n) is 6.06. The molecule has 1 N–H and O–H groups in total. The molecule has 0 aromatic carbocycles. The first kappa shape index (κ1) is 13.7. The number of rotatable bonds is 4. The third-order valence-corrected chi connectivity index (χ3v) is 4.66. The Morgan fingerprint density at radius 2 is 2.15 bits per heavy atom. The molecule has 1 aliphatic heterocycles. The van der Waals surface area contributed by atoms with Gasteiger partial charge >= 0.3 is 0 Å². The molecule has 0 radical (unpaired) electrons. The third-order valence-electron chi connectivity index (χ3n) is 4.66. The van der Waals surface area contributed by atoms with Gasteiger partial charge in [0.1, 0.15) is 5.69 Å². The molecule has 2 fully saturated rings. The molecule has 1 aliphatic carbocycles.